The van der Waals surface area contributed by atoms with E-state index in [4.69, 9.17) is 4.52 Å². The molecule has 26 heavy (non-hydrogen) atoms. The number of rotatable bonds is 4. The Hall–Kier alpha value is -2.93. The topological polar surface area (TPSA) is 84.4 Å². The molecule has 3 aromatic rings. The Balaban J connectivity index is 1.47. The first kappa shape index (κ1) is 16.5. The van der Waals surface area contributed by atoms with Crippen LogP contribution in [-0.2, 0) is 24.3 Å². The van der Waals surface area contributed by atoms with Gasteiger partial charge in [0.05, 0.1) is 36.6 Å². The van der Waals surface area contributed by atoms with Crippen LogP contribution < -0.4 is 0 Å². The number of aliphatic hydroxyl groups is 1. The van der Waals surface area contributed by atoms with Gasteiger partial charge in [0.15, 0.2) is 0 Å². The molecular weight excluding hydrogens is 332 g/mol. The third-order valence-electron chi connectivity index (χ3n) is 4.57. The summed E-state index contributed by atoms with van der Waals surface area (Å²) in [4.78, 5) is 14.3. The van der Waals surface area contributed by atoms with E-state index < -0.39 is 6.10 Å². The Morgan fingerprint density at radius 1 is 1.27 bits per heavy atom. The van der Waals surface area contributed by atoms with Crippen LogP contribution in [0.25, 0.3) is 0 Å². The number of benzene rings is 1. The Bertz CT molecular complexity index is 916. The number of carbonyl (C=O) groups is 1. The van der Waals surface area contributed by atoms with Gasteiger partial charge in [-0.05, 0) is 18.6 Å². The van der Waals surface area contributed by atoms with Crippen molar-refractivity contribution in [3.63, 3.8) is 0 Å². The SMILES string of the molecule is Cc1cc(CC(=O)N2CCn3nc([C@H](O)c4ccccc4)cc3C2)on1. The number of amides is 1. The number of aliphatic hydroxyl groups excluding tert-OH is 1. The first-order valence-electron chi connectivity index (χ1n) is 8.60. The minimum absolute atomic E-state index is 0.00115. The fourth-order valence-corrected chi connectivity index (χ4v) is 3.20. The normalized spacial score (nSPS) is 14.9. The molecule has 0 spiro atoms. The zero-order valence-electron chi connectivity index (χ0n) is 14.5. The second kappa shape index (κ2) is 6.76. The number of fused-ring (bicyclic) bond motifs is 1. The summed E-state index contributed by atoms with van der Waals surface area (Å²) in [6.45, 7) is 3.50. The Kier molecular flexibility index (Phi) is 4.30. The lowest BCUT2D eigenvalue weighted by atomic mass is 10.1. The molecule has 0 radical (unpaired) electrons. The van der Waals surface area contributed by atoms with E-state index in [-0.39, 0.29) is 12.3 Å². The maximum Gasteiger partial charge on any atom is 0.230 e. The Morgan fingerprint density at radius 3 is 2.81 bits per heavy atom. The number of nitrogens with zero attached hydrogens (tertiary/aromatic N) is 4. The third-order valence-corrected chi connectivity index (χ3v) is 4.57. The van der Waals surface area contributed by atoms with Crippen LogP contribution in [0.2, 0.25) is 0 Å². The van der Waals surface area contributed by atoms with Crippen molar-refractivity contribution in [1.82, 2.24) is 19.8 Å². The summed E-state index contributed by atoms with van der Waals surface area (Å²) in [6.07, 6.45) is -0.565. The van der Waals surface area contributed by atoms with Crippen LogP contribution in [0.4, 0.5) is 0 Å². The second-order valence-electron chi connectivity index (χ2n) is 6.52. The smallest absolute Gasteiger partial charge is 0.230 e. The maximum atomic E-state index is 12.5. The van der Waals surface area contributed by atoms with E-state index in [0.29, 0.717) is 31.1 Å². The summed E-state index contributed by atoms with van der Waals surface area (Å²) >= 11 is 0. The van der Waals surface area contributed by atoms with Gasteiger partial charge in [-0.25, -0.2) is 0 Å². The van der Waals surface area contributed by atoms with E-state index in [2.05, 4.69) is 10.3 Å². The van der Waals surface area contributed by atoms with Gasteiger partial charge in [0.2, 0.25) is 5.91 Å². The van der Waals surface area contributed by atoms with E-state index in [1.54, 1.807) is 11.0 Å². The van der Waals surface area contributed by atoms with Crippen molar-refractivity contribution < 1.29 is 14.4 Å². The minimum Gasteiger partial charge on any atom is -0.382 e. The highest BCUT2D eigenvalue weighted by Crippen LogP contribution is 2.23. The van der Waals surface area contributed by atoms with Crippen molar-refractivity contribution in [2.45, 2.75) is 32.5 Å². The van der Waals surface area contributed by atoms with E-state index >= 15 is 0 Å². The molecule has 1 aliphatic heterocycles. The molecule has 0 fully saturated rings. The number of aromatic nitrogens is 3. The zero-order valence-corrected chi connectivity index (χ0v) is 14.5. The van der Waals surface area contributed by atoms with Crippen molar-refractivity contribution in [1.29, 1.82) is 0 Å². The molecule has 1 amide bonds. The summed E-state index contributed by atoms with van der Waals surface area (Å²) in [5.41, 5.74) is 3.09. The molecule has 2 aromatic heterocycles. The first-order valence-corrected chi connectivity index (χ1v) is 8.60. The monoisotopic (exact) mass is 352 g/mol. The molecule has 7 nitrogen and oxygen atoms in total. The predicted molar refractivity (Wildman–Crippen MR) is 93.1 cm³/mol. The average Bonchev–Trinajstić information content (AvgIpc) is 3.27. The maximum absolute atomic E-state index is 12.5. The molecule has 7 heteroatoms. The molecule has 1 aromatic carbocycles. The van der Waals surface area contributed by atoms with Gasteiger partial charge in [-0.3, -0.25) is 9.48 Å². The van der Waals surface area contributed by atoms with Gasteiger partial charge in [-0.15, -0.1) is 0 Å². The van der Waals surface area contributed by atoms with Gasteiger partial charge in [0.1, 0.15) is 11.9 Å². The van der Waals surface area contributed by atoms with Crippen LogP contribution in [0.15, 0.2) is 47.0 Å². The van der Waals surface area contributed by atoms with Crippen LogP contribution in [0, 0.1) is 6.92 Å². The van der Waals surface area contributed by atoms with Crippen molar-refractivity contribution in [2.75, 3.05) is 6.54 Å². The summed E-state index contributed by atoms with van der Waals surface area (Å²) in [5, 5.41) is 18.9. The molecule has 1 atom stereocenters. The van der Waals surface area contributed by atoms with Crippen molar-refractivity contribution in [3.8, 4) is 0 Å². The zero-order chi connectivity index (χ0) is 18.1. The van der Waals surface area contributed by atoms with Crippen LogP contribution in [0.3, 0.4) is 0 Å². The van der Waals surface area contributed by atoms with E-state index in [1.165, 1.54) is 0 Å². The molecule has 0 aliphatic carbocycles. The molecule has 4 rings (SSSR count). The number of aryl methyl sites for hydroxylation is 1. The van der Waals surface area contributed by atoms with Crippen molar-refractivity contribution in [3.05, 3.63) is 70.9 Å². The molecule has 0 unspecified atom stereocenters. The lowest BCUT2D eigenvalue weighted by Crippen LogP contribution is -2.39. The summed E-state index contributed by atoms with van der Waals surface area (Å²) < 4.78 is 7.00. The highest BCUT2D eigenvalue weighted by atomic mass is 16.5. The van der Waals surface area contributed by atoms with Gasteiger partial charge in [0.25, 0.3) is 0 Å². The van der Waals surface area contributed by atoms with Crippen LogP contribution in [0.5, 0.6) is 0 Å². The molecule has 0 saturated carbocycles. The van der Waals surface area contributed by atoms with E-state index in [9.17, 15) is 9.90 Å². The van der Waals surface area contributed by atoms with Crippen molar-refractivity contribution >= 4 is 5.91 Å². The van der Waals surface area contributed by atoms with Crippen LogP contribution >= 0.6 is 0 Å². The molecular formula is C19H20N4O3. The van der Waals surface area contributed by atoms with Gasteiger partial charge >= 0.3 is 0 Å². The number of carbonyl (C=O) groups excluding carboxylic acids is 1. The van der Waals surface area contributed by atoms with E-state index in [1.807, 2.05) is 48.0 Å². The molecule has 1 N–H and O–H groups in total. The second-order valence-corrected chi connectivity index (χ2v) is 6.52. The Morgan fingerprint density at radius 2 is 2.08 bits per heavy atom. The van der Waals surface area contributed by atoms with Gasteiger partial charge < -0.3 is 14.5 Å². The third kappa shape index (κ3) is 3.25. The molecule has 3 heterocycles. The number of hydrogen-bond acceptors (Lipinski definition) is 5. The number of hydrogen-bond donors (Lipinski definition) is 1. The van der Waals surface area contributed by atoms with Crippen LogP contribution in [0.1, 0.15) is 34.5 Å². The standard InChI is InChI=1S/C19H20N4O3/c1-13-9-16(26-21-13)11-18(24)22-7-8-23-15(12-22)10-17(20-23)19(25)14-5-3-2-4-6-14/h2-6,9-10,19,25H,7-8,11-12H2,1H3/t19-/m1/s1. The lowest BCUT2D eigenvalue weighted by Gasteiger charge is -2.27. The molecule has 1 aliphatic rings. The lowest BCUT2D eigenvalue weighted by molar-refractivity contribution is -0.132. The summed E-state index contributed by atoms with van der Waals surface area (Å²) in [6, 6.07) is 13.1. The van der Waals surface area contributed by atoms with Gasteiger partial charge in [-0.2, -0.15) is 5.10 Å². The van der Waals surface area contributed by atoms with Crippen LogP contribution in [-0.4, -0.2) is 37.4 Å². The highest BCUT2D eigenvalue weighted by Gasteiger charge is 2.25. The van der Waals surface area contributed by atoms with E-state index in [0.717, 1.165) is 17.0 Å². The Labute approximate surface area is 150 Å². The fourth-order valence-electron chi connectivity index (χ4n) is 3.20. The molecule has 134 valence electrons. The summed E-state index contributed by atoms with van der Waals surface area (Å²) in [5.74, 6) is 0.575. The summed E-state index contributed by atoms with van der Waals surface area (Å²) in [7, 11) is 0. The van der Waals surface area contributed by atoms with Crippen molar-refractivity contribution in [2.24, 2.45) is 0 Å². The first-order chi connectivity index (χ1) is 12.6. The largest absolute Gasteiger partial charge is 0.382 e. The molecule has 0 bridgehead atoms. The van der Waals surface area contributed by atoms with Gasteiger partial charge in [-0.1, -0.05) is 35.5 Å². The minimum atomic E-state index is -0.768. The highest BCUT2D eigenvalue weighted by molar-refractivity contribution is 5.78. The molecule has 0 saturated heterocycles. The predicted octanol–water partition coefficient (Wildman–Crippen LogP) is 1.85. The quantitative estimate of drug-likeness (QED) is 0.775. The van der Waals surface area contributed by atoms with Gasteiger partial charge in [0, 0.05) is 12.6 Å². The average molecular weight is 352 g/mol. The fraction of sp³-hybridized carbons (Fsp3) is 0.316.